The van der Waals surface area contributed by atoms with Crippen molar-refractivity contribution in [2.24, 2.45) is 11.7 Å². The van der Waals surface area contributed by atoms with Crippen molar-refractivity contribution in [3.8, 4) is 0 Å². The lowest BCUT2D eigenvalue weighted by atomic mass is 9.94. The number of rotatable bonds is 4. The Morgan fingerprint density at radius 1 is 1.07 bits per heavy atom. The number of halogens is 3. The number of carbonyl (C=O) groups is 1. The first kappa shape index (κ1) is 23.5. The predicted molar refractivity (Wildman–Crippen MR) is 115 cm³/mol. The average molecular weight is 432 g/mol. The van der Waals surface area contributed by atoms with Crippen molar-refractivity contribution in [1.29, 1.82) is 0 Å². The highest BCUT2D eigenvalue weighted by Gasteiger charge is 2.29. The number of hydrogen-bond acceptors (Lipinski definition) is 4. The standard InChI is InChI=1S/C19H23ClN4O.2ClH/c1-14(18(21)15-5-3-2-4-6-15)19(25)24-11-9-23(10-12-24)17-8-7-16(20)13-22-17;;/h2-8,13-14,18H,9-12,21H2,1H3;2*1H. The lowest BCUT2D eigenvalue weighted by Crippen LogP contribution is -2.51. The highest BCUT2D eigenvalue weighted by atomic mass is 35.5. The molecule has 0 radical (unpaired) electrons. The van der Waals surface area contributed by atoms with Gasteiger partial charge in [0.05, 0.1) is 10.9 Å². The molecule has 2 unspecified atom stereocenters. The smallest absolute Gasteiger partial charge is 0.227 e. The number of piperazine rings is 1. The Morgan fingerprint density at radius 2 is 1.70 bits per heavy atom. The van der Waals surface area contributed by atoms with Crippen molar-refractivity contribution in [2.45, 2.75) is 13.0 Å². The molecule has 148 valence electrons. The van der Waals surface area contributed by atoms with Gasteiger partial charge in [-0.1, -0.05) is 48.9 Å². The molecule has 2 N–H and O–H groups in total. The Kier molecular flexibility index (Phi) is 9.33. The molecular weight excluding hydrogens is 407 g/mol. The summed E-state index contributed by atoms with van der Waals surface area (Å²) >= 11 is 5.88. The summed E-state index contributed by atoms with van der Waals surface area (Å²) in [5.74, 6) is 0.758. The molecule has 1 fully saturated rings. The number of benzene rings is 1. The summed E-state index contributed by atoms with van der Waals surface area (Å²) in [6.45, 7) is 4.78. The number of carbonyl (C=O) groups excluding carboxylic acids is 1. The van der Waals surface area contributed by atoms with E-state index in [1.807, 2.05) is 54.3 Å². The van der Waals surface area contributed by atoms with Gasteiger partial charge in [0.15, 0.2) is 0 Å². The van der Waals surface area contributed by atoms with Crippen LogP contribution in [-0.2, 0) is 4.79 Å². The first-order valence-electron chi connectivity index (χ1n) is 8.52. The van der Waals surface area contributed by atoms with Crippen LogP contribution in [0.5, 0.6) is 0 Å². The van der Waals surface area contributed by atoms with E-state index in [9.17, 15) is 4.79 Å². The number of amides is 1. The molecule has 1 saturated heterocycles. The highest BCUT2D eigenvalue weighted by Crippen LogP contribution is 2.22. The SMILES string of the molecule is CC(C(=O)N1CCN(c2ccc(Cl)cn2)CC1)C(N)c1ccccc1.Cl.Cl. The van der Waals surface area contributed by atoms with Crippen LogP contribution in [0.4, 0.5) is 5.82 Å². The molecule has 2 aromatic rings. The average Bonchev–Trinajstić information content (AvgIpc) is 2.67. The fourth-order valence-corrected chi connectivity index (χ4v) is 3.23. The van der Waals surface area contributed by atoms with E-state index in [0.717, 1.165) is 24.5 Å². The van der Waals surface area contributed by atoms with Crippen molar-refractivity contribution in [3.05, 3.63) is 59.2 Å². The molecule has 0 spiro atoms. The van der Waals surface area contributed by atoms with E-state index in [1.165, 1.54) is 0 Å². The van der Waals surface area contributed by atoms with Crippen LogP contribution in [0.2, 0.25) is 5.02 Å². The maximum Gasteiger partial charge on any atom is 0.227 e. The summed E-state index contributed by atoms with van der Waals surface area (Å²) < 4.78 is 0. The van der Waals surface area contributed by atoms with Crippen LogP contribution in [0.3, 0.4) is 0 Å². The van der Waals surface area contributed by atoms with Gasteiger partial charge < -0.3 is 15.5 Å². The number of hydrogen-bond donors (Lipinski definition) is 1. The fraction of sp³-hybridized carbons (Fsp3) is 0.368. The first-order valence-corrected chi connectivity index (χ1v) is 8.90. The molecule has 0 saturated carbocycles. The van der Waals surface area contributed by atoms with Gasteiger partial charge in [0.2, 0.25) is 5.91 Å². The van der Waals surface area contributed by atoms with Gasteiger partial charge in [0.25, 0.3) is 0 Å². The van der Waals surface area contributed by atoms with E-state index in [-0.39, 0.29) is 42.7 Å². The number of anilines is 1. The third kappa shape index (κ3) is 5.72. The molecule has 3 rings (SSSR count). The molecule has 5 nitrogen and oxygen atoms in total. The van der Waals surface area contributed by atoms with Crippen LogP contribution < -0.4 is 10.6 Å². The molecule has 2 heterocycles. The van der Waals surface area contributed by atoms with E-state index >= 15 is 0 Å². The van der Waals surface area contributed by atoms with Crippen LogP contribution in [-0.4, -0.2) is 42.0 Å². The predicted octanol–water partition coefficient (Wildman–Crippen LogP) is 3.56. The van der Waals surface area contributed by atoms with Crippen LogP contribution >= 0.6 is 36.4 Å². The molecular formula is C19H25Cl3N4O. The van der Waals surface area contributed by atoms with Crippen LogP contribution in [0.1, 0.15) is 18.5 Å². The highest BCUT2D eigenvalue weighted by molar-refractivity contribution is 6.30. The second kappa shape index (κ2) is 10.7. The van der Waals surface area contributed by atoms with Gasteiger partial charge in [0.1, 0.15) is 5.82 Å². The van der Waals surface area contributed by atoms with Crippen molar-refractivity contribution in [3.63, 3.8) is 0 Å². The van der Waals surface area contributed by atoms with Gasteiger partial charge in [-0.2, -0.15) is 0 Å². The zero-order chi connectivity index (χ0) is 17.8. The maximum atomic E-state index is 12.8. The number of nitrogens with two attached hydrogens (primary N) is 1. The minimum Gasteiger partial charge on any atom is -0.353 e. The van der Waals surface area contributed by atoms with Crippen molar-refractivity contribution >= 4 is 48.1 Å². The quantitative estimate of drug-likeness (QED) is 0.804. The van der Waals surface area contributed by atoms with E-state index in [2.05, 4.69) is 9.88 Å². The van der Waals surface area contributed by atoms with Gasteiger partial charge in [-0.25, -0.2) is 4.98 Å². The molecule has 27 heavy (non-hydrogen) atoms. The zero-order valence-corrected chi connectivity index (χ0v) is 17.5. The lowest BCUT2D eigenvalue weighted by Gasteiger charge is -2.37. The van der Waals surface area contributed by atoms with Crippen molar-refractivity contribution < 1.29 is 4.79 Å². The van der Waals surface area contributed by atoms with E-state index in [1.54, 1.807) is 6.20 Å². The molecule has 1 aromatic carbocycles. The third-order valence-electron chi connectivity index (χ3n) is 4.74. The summed E-state index contributed by atoms with van der Waals surface area (Å²) in [6.07, 6.45) is 1.65. The largest absolute Gasteiger partial charge is 0.353 e. The normalized spacial score (nSPS) is 16.0. The molecule has 1 aromatic heterocycles. The fourth-order valence-electron chi connectivity index (χ4n) is 3.12. The number of pyridine rings is 1. The maximum absolute atomic E-state index is 12.8. The Morgan fingerprint density at radius 3 is 2.26 bits per heavy atom. The number of nitrogens with zero attached hydrogens (tertiary/aromatic N) is 3. The van der Waals surface area contributed by atoms with Gasteiger partial charge in [0, 0.05) is 38.4 Å². The van der Waals surface area contributed by atoms with E-state index < -0.39 is 0 Å². The Bertz CT molecular complexity index is 707. The molecule has 0 aliphatic carbocycles. The summed E-state index contributed by atoms with van der Waals surface area (Å²) in [4.78, 5) is 21.2. The second-order valence-electron chi connectivity index (χ2n) is 6.37. The van der Waals surface area contributed by atoms with Gasteiger partial charge in [-0.05, 0) is 17.7 Å². The number of aromatic nitrogens is 1. The molecule has 1 amide bonds. The van der Waals surface area contributed by atoms with Crippen molar-refractivity contribution in [1.82, 2.24) is 9.88 Å². The monoisotopic (exact) mass is 430 g/mol. The van der Waals surface area contributed by atoms with Gasteiger partial charge in [-0.15, -0.1) is 24.8 Å². The summed E-state index contributed by atoms with van der Waals surface area (Å²) in [7, 11) is 0. The Balaban J connectivity index is 0.00000182. The molecule has 8 heteroatoms. The van der Waals surface area contributed by atoms with E-state index in [4.69, 9.17) is 17.3 Å². The molecule has 0 bridgehead atoms. The van der Waals surface area contributed by atoms with Crippen LogP contribution in [0.25, 0.3) is 0 Å². The summed E-state index contributed by atoms with van der Waals surface area (Å²) in [6, 6.07) is 13.2. The summed E-state index contributed by atoms with van der Waals surface area (Å²) in [5, 5.41) is 0.626. The molecule has 1 aliphatic heterocycles. The molecule has 1 aliphatic rings. The minimum absolute atomic E-state index is 0. The molecule has 2 atom stereocenters. The van der Waals surface area contributed by atoms with Crippen LogP contribution in [0.15, 0.2) is 48.7 Å². The second-order valence-corrected chi connectivity index (χ2v) is 6.81. The van der Waals surface area contributed by atoms with Crippen molar-refractivity contribution in [2.75, 3.05) is 31.1 Å². The lowest BCUT2D eigenvalue weighted by molar-refractivity contribution is -0.136. The van der Waals surface area contributed by atoms with Crippen LogP contribution in [0, 0.1) is 5.92 Å². The summed E-state index contributed by atoms with van der Waals surface area (Å²) in [5.41, 5.74) is 7.29. The minimum atomic E-state index is -0.287. The van der Waals surface area contributed by atoms with Gasteiger partial charge in [-0.3, -0.25) is 4.79 Å². The Labute approximate surface area is 177 Å². The topological polar surface area (TPSA) is 62.5 Å². The van der Waals surface area contributed by atoms with E-state index in [0.29, 0.717) is 18.1 Å². The van der Waals surface area contributed by atoms with Gasteiger partial charge >= 0.3 is 0 Å². The first-order chi connectivity index (χ1) is 12.1. The third-order valence-corrected chi connectivity index (χ3v) is 4.96. The Hall–Kier alpha value is -1.53. The zero-order valence-electron chi connectivity index (χ0n) is 15.1.